The number of carbonyl (C=O) groups excluding carboxylic acids is 3. The van der Waals surface area contributed by atoms with Gasteiger partial charge in [0.2, 0.25) is 0 Å². The first kappa shape index (κ1) is 20.1. The van der Waals surface area contributed by atoms with Gasteiger partial charge in [-0.2, -0.15) is 5.10 Å². The van der Waals surface area contributed by atoms with E-state index >= 15 is 0 Å². The predicted octanol–water partition coefficient (Wildman–Crippen LogP) is 3.16. The Balaban J connectivity index is 2.45. The summed E-state index contributed by atoms with van der Waals surface area (Å²) in [6.45, 7) is 5.36. The molecule has 2 heterocycles. The van der Waals surface area contributed by atoms with Gasteiger partial charge in [-0.15, -0.1) is 11.3 Å². The first-order valence-electron chi connectivity index (χ1n) is 7.78. The predicted molar refractivity (Wildman–Crippen MR) is 99.8 cm³/mol. The first-order valence-corrected chi connectivity index (χ1v) is 9.39. The third kappa shape index (κ3) is 3.96. The number of carbonyl (C=O) groups is 3. The number of anilines is 1. The summed E-state index contributed by atoms with van der Waals surface area (Å²) in [5.41, 5.74) is 0.835. The molecule has 0 fully saturated rings. The zero-order valence-electron chi connectivity index (χ0n) is 14.7. The molecule has 0 atom stereocenters. The molecule has 0 bridgehead atoms. The molecule has 0 aliphatic rings. The quantitative estimate of drug-likeness (QED) is 0.688. The van der Waals surface area contributed by atoms with Gasteiger partial charge in [-0.25, -0.2) is 9.59 Å². The molecule has 2 aromatic rings. The summed E-state index contributed by atoms with van der Waals surface area (Å²) in [5.74, 6) is -1.64. The van der Waals surface area contributed by atoms with Gasteiger partial charge in [0.15, 0.2) is 0 Å². The van der Waals surface area contributed by atoms with Crippen LogP contribution in [0, 0.1) is 6.92 Å². The highest BCUT2D eigenvalue weighted by Gasteiger charge is 2.28. The fraction of sp³-hybridized carbons (Fsp3) is 0.375. The number of halogens is 1. The van der Waals surface area contributed by atoms with Crippen LogP contribution < -0.4 is 5.32 Å². The van der Waals surface area contributed by atoms with Crippen molar-refractivity contribution >= 4 is 50.1 Å². The zero-order chi connectivity index (χ0) is 19.4. The van der Waals surface area contributed by atoms with Crippen molar-refractivity contribution in [3.8, 4) is 0 Å². The van der Waals surface area contributed by atoms with E-state index in [9.17, 15) is 14.4 Å². The van der Waals surface area contributed by atoms with E-state index in [1.54, 1.807) is 27.8 Å². The Morgan fingerprint density at radius 2 is 1.85 bits per heavy atom. The SMILES string of the molecule is CCOC(=O)c1sc(NC(=O)c2c(Br)cnn2C)c(C(=O)OCC)c1C. The van der Waals surface area contributed by atoms with Gasteiger partial charge in [-0.1, -0.05) is 0 Å². The van der Waals surface area contributed by atoms with Crippen molar-refractivity contribution < 1.29 is 23.9 Å². The number of aryl methyl sites for hydroxylation is 1. The van der Waals surface area contributed by atoms with Crippen LogP contribution in [0.3, 0.4) is 0 Å². The Morgan fingerprint density at radius 1 is 1.23 bits per heavy atom. The van der Waals surface area contributed by atoms with Gasteiger partial charge >= 0.3 is 11.9 Å². The van der Waals surface area contributed by atoms with E-state index < -0.39 is 17.8 Å². The lowest BCUT2D eigenvalue weighted by atomic mass is 10.1. The smallest absolute Gasteiger partial charge is 0.348 e. The summed E-state index contributed by atoms with van der Waals surface area (Å²) in [4.78, 5) is 37.3. The van der Waals surface area contributed by atoms with Crippen LogP contribution in [0.2, 0.25) is 0 Å². The monoisotopic (exact) mass is 443 g/mol. The fourth-order valence-corrected chi connectivity index (χ4v) is 3.88. The Hall–Kier alpha value is -2.20. The summed E-state index contributed by atoms with van der Waals surface area (Å²) < 4.78 is 12.0. The van der Waals surface area contributed by atoms with Crippen molar-refractivity contribution in [2.45, 2.75) is 20.8 Å². The number of nitrogens with zero attached hydrogens (tertiary/aromatic N) is 2. The van der Waals surface area contributed by atoms with Crippen LogP contribution in [-0.4, -0.2) is 40.8 Å². The van der Waals surface area contributed by atoms with Gasteiger partial charge in [0.05, 0.1) is 29.4 Å². The minimum Gasteiger partial charge on any atom is -0.462 e. The van der Waals surface area contributed by atoms with Crippen LogP contribution in [0.4, 0.5) is 5.00 Å². The van der Waals surface area contributed by atoms with Crippen molar-refractivity contribution in [1.29, 1.82) is 0 Å². The normalized spacial score (nSPS) is 10.5. The maximum absolute atomic E-state index is 12.6. The van der Waals surface area contributed by atoms with Crippen molar-refractivity contribution in [2.24, 2.45) is 7.05 Å². The Bertz CT molecular complexity index is 839. The summed E-state index contributed by atoms with van der Waals surface area (Å²) >= 11 is 4.23. The molecule has 26 heavy (non-hydrogen) atoms. The number of esters is 2. The van der Waals surface area contributed by atoms with Crippen LogP contribution in [-0.2, 0) is 16.5 Å². The Kier molecular flexibility index (Phi) is 6.54. The summed E-state index contributed by atoms with van der Waals surface area (Å²) in [6.07, 6.45) is 1.49. The molecule has 10 heteroatoms. The number of hydrogen-bond acceptors (Lipinski definition) is 7. The third-order valence-electron chi connectivity index (χ3n) is 3.42. The van der Waals surface area contributed by atoms with E-state index in [4.69, 9.17) is 9.47 Å². The van der Waals surface area contributed by atoms with E-state index in [1.807, 2.05) is 0 Å². The van der Waals surface area contributed by atoms with Crippen LogP contribution in [0.15, 0.2) is 10.7 Å². The number of aromatic nitrogens is 2. The number of ether oxygens (including phenoxy) is 2. The van der Waals surface area contributed by atoms with Crippen molar-refractivity contribution in [3.05, 3.63) is 32.4 Å². The summed E-state index contributed by atoms with van der Waals surface area (Å²) in [6, 6.07) is 0. The number of hydrogen-bond donors (Lipinski definition) is 1. The average molecular weight is 444 g/mol. The number of thiophene rings is 1. The standard InChI is InChI=1S/C16H18BrN3O5S/c1-5-24-15(22)10-8(3)12(16(23)25-6-2)26-14(10)19-13(21)11-9(17)7-18-20(11)4/h7H,5-6H2,1-4H3,(H,19,21). The van der Waals surface area contributed by atoms with Crippen molar-refractivity contribution in [2.75, 3.05) is 18.5 Å². The topological polar surface area (TPSA) is 99.5 Å². The molecule has 0 radical (unpaired) electrons. The number of rotatable bonds is 6. The highest BCUT2D eigenvalue weighted by atomic mass is 79.9. The Labute approximate surface area is 162 Å². The lowest BCUT2D eigenvalue weighted by molar-refractivity contribution is 0.0527. The molecule has 0 spiro atoms. The lowest BCUT2D eigenvalue weighted by Crippen LogP contribution is -2.18. The minimum absolute atomic E-state index is 0.145. The van der Waals surface area contributed by atoms with Crippen molar-refractivity contribution in [1.82, 2.24) is 9.78 Å². The average Bonchev–Trinajstić information content (AvgIpc) is 3.07. The molecule has 140 valence electrons. The van der Waals surface area contributed by atoms with E-state index in [-0.39, 0.29) is 34.3 Å². The molecule has 0 unspecified atom stereocenters. The van der Waals surface area contributed by atoms with Gasteiger partial charge in [0.1, 0.15) is 15.6 Å². The van der Waals surface area contributed by atoms with E-state index in [0.717, 1.165) is 11.3 Å². The van der Waals surface area contributed by atoms with Crippen LogP contribution in [0.25, 0.3) is 0 Å². The highest BCUT2D eigenvalue weighted by molar-refractivity contribution is 9.10. The molecule has 0 aliphatic heterocycles. The molecule has 0 saturated carbocycles. The summed E-state index contributed by atoms with van der Waals surface area (Å²) in [7, 11) is 1.62. The molecule has 2 aromatic heterocycles. The molecule has 2 rings (SSSR count). The molecule has 8 nitrogen and oxygen atoms in total. The van der Waals surface area contributed by atoms with E-state index in [1.165, 1.54) is 10.9 Å². The maximum atomic E-state index is 12.6. The third-order valence-corrected chi connectivity index (χ3v) is 5.19. The van der Waals surface area contributed by atoms with Crippen LogP contribution in [0.1, 0.15) is 49.9 Å². The molecule has 0 saturated heterocycles. The second kappa shape index (κ2) is 8.45. The van der Waals surface area contributed by atoms with Crippen LogP contribution >= 0.6 is 27.3 Å². The highest BCUT2D eigenvalue weighted by Crippen LogP contribution is 2.35. The second-order valence-corrected chi connectivity index (χ2v) is 7.00. The number of nitrogens with one attached hydrogen (secondary N) is 1. The largest absolute Gasteiger partial charge is 0.462 e. The van der Waals surface area contributed by atoms with Crippen molar-refractivity contribution in [3.63, 3.8) is 0 Å². The second-order valence-electron chi connectivity index (χ2n) is 5.12. The first-order chi connectivity index (χ1) is 12.3. The number of amides is 1. The minimum atomic E-state index is -0.615. The van der Waals surface area contributed by atoms with Gasteiger partial charge in [-0.3, -0.25) is 9.48 Å². The van der Waals surface area contributed by atoms with Crippen LogP contribution in [0.5, 0.6) is 0 Å². The summed E-state index contributed by atoms with van der Waals surface area (Å²) in [5, 5.41) is 6.88. The van der Waals surface area contributed by atoms with E-state index in [2.05, 4.69) is 26.3 Å². The lowest BCUT2D eigenvalue weighted by Gasteiger charge is -2.07. The fourth-order valence-electron chi connectivity index (χ4n) is 2.27. The molecule has 1 amide bonds. The molecule has 1 N–H and O–H groups in total. The molecular weight excluding hydrogens is 426 g/mol. The zero-order valence-corrected chi connectivity index (χ0v) is 17.1. The molecular formula is C16H18BrN3O5S. The Morgan fingerprint density at radius 3 is 2.38 bits per heavy atom. The molecule has 0 aromatic carbocycles. The molecule has 0 aliphatic carbocycles. The maximum Gasteiger partial charge on any atom is 0.348 e. The van der Waals surface area contributed by atoms with Gasteiger partial charge in [0, 0.05) is 7.05 Å². The van der Waals surface area contributed by atoms with Gasteiger partial charge in [0.25, 0.3) is 5.91 Å². The van der Waals surface area contributed by atoms with E-state index in [0.29, 0.717) is 10.0 Å². The van der Waals surface area contributed by atoms with Gasteiger partial charge in [-0.05, 0) is 42.3 Å². The van der Waals surface area contributed by atoms with Gasteiger partial charge < -0.3 is 14.8 Å².